The SMILES string of the molecule is CCN(CC)CCCC(=S)Cc1ccc2nc(N3CCN(C(=O)[C@H](Cc4ccccc4)NC(=O)OC(C)(C)C)CC3)ccc2c1. The highest BCUT2D eigenvalue weighted by atomic mass is 32.1. The number of thiocarbonyl (C=S) groups is 1. The molecule has 3 aromatic rings. The average molecular weight is 632 g/mol. The van der Waals surface area contributed by atoms with Crippen molar-refractivity contribution in [2.24, 2.45) is 0 Å². The largest absolute Gasteiger partial charge is 0.444 e. The van der Waals surface area contributed by atoms with Crippen LogP contribution in [0.1, 0.15) is 58.6 Å². The highest BCUT2D eigenvalue weighted by molar-refractivity contribution is 7.80. The van der Waals surface area contributed by atoms with Gasteiger partial charge in [-0.15, -0.1) is 0 Å². The van der Waals surface area contributed by atoms with Crippen LogP contribution in [0.25, 0.3) is 10.9 Å². The van der Waals surface area contributed by atoms with Gasteiger partial charge in [-0.25, -0.2) is 9.78 Å². The molecule has 1 N–H and O–H groups in total. The minimum atomic E-state index is -0.711. The molecule has 45 heavy (non-hydrogen) atoms. The number of carbonyl (C=O) groups excluding carboxylic acids is 2. The van der Waals surface area contributed by atoms with Crippen LogP contribution < -0.4 is 10.2 Å². The van der Waals surface area contributed by atoms with Crippen LogP contribution in [-0.4, -0.2) is 89.1 Å². The number of pyridine rings is 1. The van der Waals surface area contributed by atoms with Gasteiger partial charge in [0.15, 0.2) is 0 Å². The van der Waals surface area contributed by atoms with Gasteiger partial charge < -0.3 is 24.8 Å². The van der Waals surface area contributed by atoms with Gasteiger partial charge in [0.1, 0.15) is 17.5 Å². The molecule has 9 heteroatoms. The van der Waals surface area contributed by atoms with E-state index < -0.39 is 17.7 Å². The lowest BCUT2D eigenvalue weighted by molar-refractivity contribution is -0.133. The number of hydrogen-bond acceptors (Lipinski definition) is 7. The first-order valence-electron chi connectivity index (χ1n) is 16.3. The molecular weight excluding hydrogens is 582 g/mol. The molecule has 1 aliphatic rings. The summed E-state index contributed by atoms with van der Waals surface area (Å²) in [5.41, 5.74) is 2.50. The van der Waals surface area contributed by atoms with Gasteiger partial charge in [-0.05, 0) is 93.5 Å². The monoisotopic (exact) mass is 631 g/mol. The lowest BCUT2D eigenvalue weighted by Crippen LogP contribution is -2.56. The van der Waals surface area contributed by atoms with E-state index in [-0.39, 0.29) is 5.91 Å². The number of hydrogen-bond donors (Lipinski definition) is 1. The van der Waals surface area contributed by atoms with Gasteiger partial charge in [0.2, 0.25) is 5.91 Å². The first kappa shape index (κ1) is 34.3. The Morgan fingerprint density at radius 2 is 1.69 bits per heavy atom. The maximum Gasteiger partial charge on any atom is 0.408 e. The van der Waals surface area contributed by atoms with E-state index in [9.17, 15) is 9.59 Å². The minimum absolute atomic E-state index is 0.102. The fraction of sp³-hybridized carbons (Fsp3) is 0.500. The zero-order valence-electron chi connectivity index (χ0n) is 27.6. The molecule has 1 aromatic heterocycles. The first-order valence-corrected chi connectivity index (χ1v) is 16.7. The standard InChI is InChI=1S/C36H49N5O3S/c1-6-39(7-2)19-11-14-30(45)25-28-15-17-31-29(24-28)16-18-33(37-31)40-20-22-41(23-21-40)34(42)32(26-27-12-9-8-10-13-27)38-35(43)44-36(3,4)5/h8-10,12-13,15-18,24,32H,6-7,11,14,19-23,25-26H2,1-5H3,(H,38,43)/t32-/m0/s1. The van der Waals surface area contributed by atoms with Gasteiger partial charge in [-0.3, -0.25) is 4.79 Å². The van der Waals surface area contributed by atoms with E-state index in [1.54, 1.807) is 0 Å². The summed E-state index contributed by atoms with van der Waals surface area (Å²) in [6.45, 7) is 15.5. The van der Waals surface area contributed by atoms with Gasteiger partial charge in [-0.1, -0.05) is 62.5 Å². The quantitative estimate of drug-likeness (QED) is 0.230. The van der Waals surface area contributed by atoms with Crippen molar-refractivity contribution >= 4 is 45.8 Å². The Hall–Kier alpha value is -3.56. The van der Waals surface area contributed by atoms with E-state index >= 15 is 0 Å². The highest BCUT2D eigenvalue weighted by Crippen LogP contribution is 2.22. The maximum absolute atomic E-state index is 13.7. The summed E-state index contributed by atoms with van der Waals surface area (Å²) < 4.78 is 5.47. The Morgan fingerprint density at radius 1 is 0.978 bits per heavy atom. The second-order valence-electron chi connectivity index (χ2n) is 12.7. The summed E-state index contributed by atoms with van der Waals surface area (Å²) >= 11 is 5.71. The van der Waals surface area contributed by atoms with Gasteiger partial charge in [0.05, 0.1) is 5.52 Å². The number of alkyl carbamates (subject to hydrolysis) is 1. The van der Waals surface area contributed by atoms with Crippen molar-refractivity contribution in [1.82, 2.24) is 20.1 Å². The third kappa shape index (κ3) is 10.5. The van der Waals surface area contributed by atoms with Gasteiger partial charge in [0, 0.05) is 44.4 Å². The number of nitrogens with one attached hydrogen (secondary N) is 1. The van der Waals surface area contributed by atoms with E-state index in [1.807, 2.05) is 56.0 Å². The number of ether oxygens (including phenoxy) is 1. The fourth-order valence-electron chi connectivity index (χ4n) is 5.68. The second-order valence-corrected chi connectivity index (χ2v) is 13.3. The number of fused-ring (bicyclic) bond motifs is 1. The number of piperazine rings is 1. The number of anilines is 1. The maximum atomic E-state index is 13.7. The van der Waals surface area contributed by atoms with Crippen LogP contribution in [-0.2, 0) is 22.4 Å². The molecule has 0 spiro atoms. The molecule has 1 saturated heterocycles. The van der Waals surface area contributed by atoms with Crippen LogP contribution in [0.15, 0.2) is 60.7 Å². The molecule has 1 fully saturated rings. The summed E-state index contributed by atoms with van der Waals surface area (Å²) in [7, 11) is 0. The third-order valence-corrected chi connectivity index (χ3v) is 8.50. The number of rotatable bonds is 13. The van der Waals surface area contributed by atoms with Crippen molar-refractivity contribution in [1.29, 1.82) is 0 Å². The molecule has 8 nitrogen and oxygen atoms in total. The molecule has 2 aromatic carbocycles. The lowest BCUT2D eigenvalue weighted by atomic mass is 10.0. The highest BCUT2D eigenvalue weighted by Gasteiger charge is 2.30. The van der Waals surface area contributed by atoms with Crippen LogP contribution in [0.2, 0.25) is 0 Å². The molecular formula is C36H49N5O3S. The Bertz CT molecular complexity index is 1430. The average Bonchev–Trinajstić information content (AvgIpc) is 3.02. The molecule has 2 amide bonds. The number of amides is 2. The van der Waals surface area contributed by atoms with E-state index in [1.165, 1.54) is 5.56 Å². The normalized spacial score (nSPS) is 14.4. The molecule has 1 aliphatic heterocycles. The number of aromatic nitrogens is 1. The summed E-state index contributed by atoms with van der Waals surface area (Å²) in [6, 6.07) is 19.6. The van der Waals surface area contributed by atoms with Crippen molar-refractivity contribution in [3.05, 3.63) is 71.8 Å². The first-order chi connectivity index (χ1) is 21.5. The zero-order chi connectivity index (χ0) is 32.4. The van der Waals surface area contributed by atoms with Gasteiger partial charge in [-0.2, -0.15) is 0 Å². The Kier molecular flexibility index (Phi) is 12.3. The van der Waals surface area contributed by atoms with Crippen LogP contribution in [0.3, 0.4) is 0 Å². The van der Waals surface area contributed by atoms with Crippen molar-refractivity contribution in [2.75, 3.05) is 50.7 Å². The molecule has 242 valence electrons. The molecule has 4 rings (SSSR count). The molecule has 0 bridgehead atoms. The van der Waals surface area contributed by atoms with Crippen LogP contribution >= 0.6 is 12.2 Å². The number of carbonyl (C=O) groups is 2. The third-order valence-electron chi connectivity index (χ3n) is 8.15. The summed E-state index contributed by atoms with van der Waals surface area (Å²) in [5.74, 6) is 0.802. The van der Waals surface area contributed by atoms with Crippen molar-refractivity contribution < 1.29 is 14.3 Å². The molecule has 0 aliphatic carbocycles. The zero-order valence-corrected chi connectivity index (χ0v) is 28.4. The smallest absolute Gasteiger partial charge is 0.408 e. The second kappa shape index (κ2) is 16.1. The minimum Gasteiger partial charge on any atom is -0.444 e. The van der Waals surface area contributed by atoms with Crippen molar-refractivity contribution in [3.8, 4) is 0 Å². The molecule has 1 atom stereocenters. The van der Waals surface area contributed by atoms with Crippen molar-refractivity contribution in [2.45, 2.75) is 71.9 Å². The number of benzene rings is 2. The summed E-state index contributed by atoms with van der Waals surface area (Å²) in [6.07, 6.45) is 2.70. The van der Waals surface area contributed by atoms with Gasteiger partial charge >= 0.3 is 6.09 Å². The molecule has 2 heterocycles. The summed E-state index contributed by atoms with van der Waals surface area (Å²) in [5, 5.41) is 3.93. The Balaban J connectivity index is 1.34. The van der Waals surface area contributed by atoms with E-state index in [0.29, 0.717) is 32.6 Å². The predicted molar refractivity (Wildman–Crippen MR) is 187 cm³/mol. The van der Waals surface area contributed by atoms with Crippen LogP contribution in [0.4, 0.5) is 10.6 Å². The van der Waals surface area contributed by atoms with Crippen LogP contribution in [0.5, 0.6) is 0 Å². The molecule has 0 saturated carbocycles. The van der Waals surface area contributed by atoms with Gasteiger partial charge in [0.25, 0.3) is 0 Å². The molecule has 0 radical (unpaired) electrons. The van der Waals surface area contributed by atoms with Crippen molar-refractivity contribution in [3.63, 3.8) is 0 Å². The predicted octanol–water partition coefficient (Wildman–Crippen LogP) is 6.05. The van der Waals surface area contributed by atoms with E-state index in [2.05, 4.69) is 59.3 Å². The van der Waals surface area contributed by atoms with Crippen LogP contribution in [0, 0.1) is 0 Å². The Labute approximate surface area is 274 Å². The summed E-state index contributed by atoms with van der Waals surface area (Å²) in [4.78, 5) is 38.8. The number of nitrogens with zero attached hydrogens (tertiary/aromatic N) is 4. The Morgan fingerprint density at radius 3 is 2.36 bits per heavy atom. The lowest BCUT2D eigenvalue weighted by Gasteiger charge is -2.37. The fourth-order valence-corrected chi connectivity index (χ4v) is 5.99. The topological polar surface area (TPSA) is 78.0 Å². The molecule has 0 unspecified atom stereocenters. The van der Waals surface area contributed by atoms with E-state index in [0.717, 1.165) is 66.0 Å². The van der Waals surface area contributed by atoms with E-state index in [4.69, 9.17) is 21.9 Å².